The highest BCUT2D eigenvalue weighted by Crippen LogP contribution is 2.38. The number of halogens is 2. The number of fused-ring (bicyclic) bond motifs is 2. The average molecular weight is 401 g/mol. The Hall–Kier alpha value is -2.70. The molecule has 0 bridgehead atoms. The monoisotopic (exact) mass is 400 g/mol. The Morgan fingerprint density at radius 1 is 1.14 bits per heavy atom. The van der Waals surface area contributed by atoms with Crippen LogP contribution < -0.4 is 5.43 Å². The van der Waals surface area contributed by atoms with Gasteiger partial charge in [0.15, 0.2) is 5.43 Å². The van der Waals surface area contributed by atoms with E-state index in [0.717, 1.165) is 11.6 Å². The first kappa shape index (κ1) is 18.7. The van der Waals surface area contributed by atoms with Crippen molar-refractivity contribution in [2.24, 2.45) is 0 Å². The van der Waals surface area contributed by atoms with E-state index in [1.165, 1.54) is 12.1 Å². The second-order valence-electron chi connectivity index (χ2n) is 7.07. The Kier molecular flexibility index (Phi) is 4.69. The van der Waals surface area contributed by atoms with Crippen LogP contribution in [0.15, 0.2) is 51.7 Å². The fourth-order valence-electron chi connectivity index (χ4n) is 3.52. The van der Waals surface area contributed by atoms with Crippen LogP contribution in [0, 0.1) is 5.82 Å². The normalized spacial score (nSPS) is 16.2. The molecule has 1 amide bonds. The molecule has 144 valence electrons. The van der Waals surface area contributed by atoms with Crippen LogP contribution >= 0.6 is 11.6 Å². The third-order valence-electron chi connectivity index (χ3n) is 4.90. The van der Waals surface area contributed by atoms with E-state index in [4.69, 9.17) is 16.0 Å². The zero-order valence-corrected chi connectivity index (χ0v) is 16.2. The maximum atomic E-state index is 13.7. The van der Waals surface area contributed by atoms with Crippen LogP contribution in [0.3, 0.4) is 0 Å². The number of benzene rings is 2. The topological polar surface area (TPSA) is 53.8 Å². The molecule has 0 fully saturated rings. The molecule has 1 aliphatic rings. The largest absolute Gasteiger partial charge is 0.450 e. The molecule has 5 nitrogen and oxygen atoms in total. The van der Waals surface area contributed by atoms with Gasteiger partial charge in [0, 0.05) is 18.1 Å². The van der Waals surface area contributed by atoms with E-state index >= 15 is 0 Å². The van der Waals surface area contributed by atoms with Crippen LogP contribution in [-0.4, -0.2) is 42.9 Å². The Labute approximate surface area is 165 Å². The van der Waals surface area contributed by atoms with E-state index in [-0.39, 0.29) is 28.2 Å². The van der Waals surface area contributed by atoms with Crippen LogP contribution in [0.25, 0.3) is 11.0 Å². The van der Waals surface area contributed by atoms with Gasteiger partial charge in [-0.3, -0.25) is 9.59 Å². The lowest BCUT2D eigenvalue weighted by Gasteiger charge is -2.26. The molecule has 4 rings (SSSR count). The lowest BCUT2D eigenvalue weighted by Crippen LogP contribution is -2.35. The van der Waals surface area contributed by atoms with Gasteiger partial charge in [0.1, 0.15) is 11.4 Å². The minimum Gasteiger partial charge on any atom is -0.450 e. The summed E-state index contributed by atoms with van der Waals surface area (Å²) in [6, 6.07) is 10.1. The smallest absolute Gasteiger partial charge is 0.290 e. The summed E-state index contributed by atoms with van der Waals surface area (Å²) in [5, 5.41) is 0.681. The maximum Gasteiger partial charge on any atom is 0.290 e. The standard InChI is InChI=1S/C21H18ClFN2O3/c1-24(2)9-10-25-18(12-3-5-13(22)6-4-12)17-19(26)15-11-14(23)7-8-16(15)28-20(17)21(25)27/h3-8,11,18H,9-10H2,1-2H3/t18-/m1/s1. The third-order valence-corrected chi connectivity index (χ3v) is 5.15. The van der Waals surface area contributed by atoms with Gasteiger partial charge in [-0.15, -0.1) is 0 Å². The first-order valence-corrected chi connectivity index (χ1v) is 9.22. The minimum absolute atomic E-state index is 0.0165. The molecular formula is C21H18ClFN2O3. The summed E-state index contributed by atoms with van der Waals surface area (Å²) in [5.41, 5.74) is 0.793. The van der Waals surface area contributed by atoms with Gasteiger partial charge in [-0.1, -0.05) is 23.7 Å². The van der Waals surface area contributed by atoms with E-state index in [9.17, 15) is 14.0 Å². The first-order chi connectivity index (χ1) is 13.4. The second-order valence-corrected chi connectivity index (χ2v) is 7.51. The second kappa shape index (κ2) is 7.04. The predicted octanol–water partition coefficient (Wildman–Crippen LogP) is 3.69. The van der Waals surface area contributed by atoms with Gasteiger partial charge in [0.2, 0.25) is 5.76 Å². The lowest BCUT2D eigenvalue weighted by atomic mass is 9.98. The van der Waals surface area contributed by atoms with Crippen LogP contribution in [0.2, 0.25) is 5.02 Å². The molecule has 0 radical (unpaired) electrons. The SMILES string of the molecule is CN(C)CCN1C(=O)c2oc3ccc(F)cc3c(=O)c2[C@H]1c1ccc(Cl)cc1. The maximum absolute atomic E-state index is 13.7. The molecule has 0 unspecified atom stereocenters. The number of carbonyl (C=O) groups excluding carboxylic acids is 1. The molecular weight excluding hydrogens is 383 g/mol. The zero-order chi connectivity index (χ0) is 20.0. The molecule has 0 N–H and O–H groups in total. The van der Waals surface area contributed by atoms with Crippen molar-refractivity contribution >= 4 is 28.5 Å². The first-order valence-electron chi connectivity index (χ1n) is 8.84. The van der Waals surface area contributed by atoms with Crippen molar-refractivity contribution in [1.82, 2.24) is 9.80 Å². The Morgan fingerprint density at radius 2 is 1.86 bits per heavy atom. The minimum atomic E-state index is -0.608. The van der Waals surface area contributed by atoms with Gasteiger partial charge in [-0.25, -0.2) is 4.39 Å². The Balaban J connectivity index is 1.94. The van der Waals surface area contributed by atoms with Gasteiger partial charge in [0.05, 0.1) is 17.0 Å². The molecule has 0 saturated carbocycles. The molecule has 2 aromatic carbocycles. The molecule has 0 spiro atoms. The quantitative estimate of drug-likeness (QED) is 0.670. The summed E-state index contributed by atoms with van der Waals surface area (Å²) in [6.07, 6.45) is 0. The number of hydrogen-bond acceptors (Lipinski definition) is 4. The van der Waals surface area contributed by atoms with Gasteiger partial charge in [0.25, 0.3) is 5.91 Å². The van der Waals surface area contributed by atoms with E-state index in [2.05, 4.69) is 0 Å². The summed E-state index contributed by atoms with van der Waals surface area (Å²) >= 11 is 6.00. The van der Waals surface area contributed by atoms with Crippen molar-refractivity contribution in [2.45, 2.75) is 6.04 Å². The fraction of sp³-hybridized carbons (Fsp3) is 0.238. The summed E-state index contributed by atoms with van der Waals surface area (Å²) in [7, 11) is 3.82. The van der Waals surface area contributed by atoms with E-state index < -0.39 is 17.3 Å². The molecule has 0 aliphatic carbocycles. The zero-order valence-electron chi connectivity index (χ0n) is 15.4. The molecule has 28 heavy (non-hydrogen) atoms. The molecule has 1 atom stereocenters. The number of amides is 1. The highest BCUT2D eigenvalue weighted by molar-refractivity contribution is 6.30. The van der Waals surface area contributed by atoms with Crippen molar-refractivity contribution < 1.29 is 13.6 Å². The Morgan fingerprint density at radius 3 is 2.54 bits per heavy atom. The molecule has 2 heterocycles. The van der Waals surface area contributed by atoms with E-state index in [0.29, 0.717) is 18.1 Å². The third kappa shape index (κ3) is 3.08. The van der Waals surface area contributed by atoms with Gasteiger partial charge in [-0.05, 0) is 50.0 Å². The van der Waals surface area contributed by atoms with Crippen LogP contribution in [0.5, 0.6) is 0 Å². The van der Waals surface area contributed by atoms with Crippen molar-refractivity contribution in [1.29, 1.82) is 0 Å². The summed E-state index contributed by atoms with van der Waals surface area (Å²) in [6.45, 7) is 1.03. The highest BCUT2D eigenvalue weighted by atomic mass is 35.5. The highest BCUT2D eigenvalue weighted by Gasteiger charge is 2.42. The van der Waals surface area contributed by atoms with Crippen LogP contribution in [-0.2, 0) is 0 Å². The predicted molar refractivity (Wildman–Crippen MR) is 105 cm³/mol. The number of rotatable bonds is 4. The lowest BCUT2D eigenvalue weighted by molar-refractivity contribution is 0.0716. The molecule has 3 aromatic rings. The molecule has 1 aromatic heterocycles. The van der Waals surface area contributed by atoms with Crippen molar-refractivity contribution in [3.8, 4) is 0 Å². The number of likely N-dealkylation sites (N-methyl/N-ethyl adjacent to an activating group) is 1. The molecule has 0 saturated heterocycles. The van der Waals surface area contributed by atoms with E-state index in [1.807, 2.05) is 19.0 Å². The molecule has 1 aliphatic heterocycles. The van der Waals surface area contributed by atoms with Gasteiger partial charge < -0.3 is 14.2 Å². The van der Waals surface area contributed by atoms with Crippen molar-refractivity contribution in [3.63, 3.8) is 0 Å². The average Bonchev–Trinajstić information content (AvgIpc) is 2.94. The Bertz CT molecular complexity index is 1120. The molecule has 7 heteroatoms. The van der Waals surface area contributed by atoms with Gasteiger partial charge >= 0.3 is 0 Å². The van der Waals surface area contributed by atoms with E-state index in [1.54, 1.807) is 29.2 Å². The number of carbonyl (C=O) groups is 1. The van der Waals surface area contributed by atoms with Gasteiger partial charge in [-0.2, -0.15) is 0 Å². The number of nitrogens with zero attached hydrogens (tertiary/aromatic N) is 2. The fourth-order valence-corrected chi connectivity index (χ4v) is 3.65. The van der Waals surface area contributed by atoms with Crippen LogP contribution in [0.1, 0.15) is 27.7 Å². The van der Waals surface area contributed by atoms with Crippen LogP contribution in [0.4, 0.5) is 4.39 Å². The van der Waals surface area contributed by atoms with Crippen molar-refractivity contribution in [2.75, 3.05) is 27.2 Å². The van der Waals surface area contributed by atoms with Crippen molar-refractivity contribution in [3.05, 3.63) is 80.4 Å². The summed E-state index contributed by atoms with van der Waals surface area (Å²) in [4.78, 5) is 29.9. The number of hydrogen-bond donors (Lipinski definition) is 0. The summed E-state index contributed by atoms with van der Waals surface area (Å²) < 4.78 is 19.5. The summed E-state index contributed by atoms with van der Waals surface area (Å²) in [5.74, 6) is -0.862.